The lowest BCUT2D eigenvalue weighted by Crippen LogP contribution is -2.03. The third-order valence-corrected chi connectivity index (χ3v) is 2.51. The fourth-order valence-electron chi connectivity index (χ4n) is 1.37. The Morgan fingerprint density at radius 2 is 2.35 bits per heavy atom. The molecule has 0 fully saturated rings. The van der Waals surface area contributed by atoms with Gasteiger partial charge in [0.1, 0.15) is 0 Å². The normalized spacial score (nSPS) is 10.5. The van der Waals surface area contributed by atoms with Gasteiger partial charge < -0.3 is 10.1 Å². The second-order valence-electron chi connectivity index (χ2n) is 3.47. The minimum Gasteiger partial charge on any atom is -0.383 e. The van der Waals surface area contributed by atoms with E-state index in [0.29, 0.717) is 11.6 Å². The van der Waals surface area contributed by atoms with Crippen LogP contribution in [-0.4, -0.2) is 28.5 Å². The van der Waals surface area contributed by atoms with Crippen LogP contribution in [0.4, 0.5) is 11.4 Å². The van der Waals surface area contributed by atoms with Crippen molar-refractivity contribution in [3.05, 3.63) is 35.9 Å². The number of ether oxygens (including phenoxy) is 1. The number of halogens is 1. The fourth-order valence-corrected chi connectivity index (χ4v) is 1.53. The van der Waals surface area contributed by atoms with Crippen LogP contribution in [0.15, 0.2) is 30.9 Å². The zero-order valence-electron chi connectivity index (χ0n) is 9.43. The Morgan fingerprint density at radius 1 is 1.47 bits per heavy atom. The maximum Gasteiger partial charge on any atom is 0.0824 e. The number of aromatic nitrogens is 3. The van der Waals surface area contributed by atoms with Crippen LogP contribution in [0.5, 0.6) is 0 Å². The molecular weight excluding hydrogens is 240 g/mol. The molecule has 0 saturated heterocycles. The molecule has 0 unspecified atom stereocenters. The number of hydrogen-bond donors (Lipinski definition) is 1. The Morgan fingerprint density at radius 3 is 3.12 bits per heavy atom. The van der Waals surface area contributed by atoms with E-state index in [9.17, 15) is 0 Å². The lowest BCUT2D eigenvalue weighted by Gasteiger charge is -2.04. The van der Waals surface area contributed by atoms with E-state index in [-0.39, 0.29) is 0 Å². The quantitative estimate of drug-likeness (QED) is 0.887. The maximum atomic E-state index is 5.99. The zero-order chi connectivity index (χ0) is 12.1. The molecule has 0 saturated carbocycles. The summed E-state index contributed by atoms with van der Waals surface area (Å²) >= 11 is 5.99. The summed E-state index contributed by atoms with van der Waals surface area (Å²) in [5.41, 5.74) is 1.70. The largest absolute Gasteiger partial charge is 0.383 e. The summed E-state index contributed by atoms with van der Waals surface area (Å²) in [6.45, 7) is 1.36. The van der Waals surface area contributed by atoms with Gasteiger partial charge in [0.05, 0.1) is 35.7 Å². The lowest BCUT2D eigenvalue weighted by molar-refractivity contribution is 0.183. The van der Waals surface area contributed by atoms with Gasteiger partial charge >= 0.3 is 0 Å². The number of anilines is 2. The molecule has 2 aromatic rings. The summed E-state index contributed by atoms with van der Waals surface area (Å²) in [4.78, 5) is 3.92. The first-order valence-corrected chi connectivity index (χ1v) is 5.55. The molecule has 0 radical (unpaired) electrons. The maximum absolute atomic E-state index is 5.99. The van der Waals surface area contributed by atoms with Crippen LogP contribution >= 0.6 is 11.6 Å². The Labute approximate surface area is 104 Å². The van der Waals surface area contributed by atoms with E-state index in [0.717, 1.165) is 17.9 Å². The average Bonchev–Trinajstić information content (AvgIpc) is 2.77. The molecule has 0 aliphatic carbocycles. The first kappa shape index (κ1) is 11.9. The first-order chi connectivity index (χ1) is 8.29. The van der Waals surface area contributed by atoms with Crippen molar-refractivity contribution in [2.75, 3.05) is 19.0 Å². The van der Waals surface area contributed by atoms with Crippen molar-refractivity contribution < 1.29 is 4.74 Å². The van der Waals surface area contributed by atoms with Crippen LogP contribution in [0.1, 0.15) is 0 Å². The molecular formula is C11H13ClN4O. The SMILES string of the molecule is COCCn1cc(Nc2ccncc2Cl)cn1. The van der Waals surface area contributed by atoms with Gasteiger partial charge in [0.2, 0.25) is 0 Å². The Hall–Kier alpha value is -1.59. The van der Waals surface area contributed by atoms with Gasteiger partial charge in [-0.2, -0.15) is 5.10 Å². The minimum absolute atomic E-state index is 0.581. The van der Waals surface area contributed by atoms with Crippen molar-refractivity contribution in [1.82, 2.24) is 14.8 Å². The number of hydrogen-bond acceptors (Lipinski definition) is 4. The predicted molar refractivity (Wildman–Crippen MR) is 66.6 cm³/mol. The van der Waals surface area contributed by atoms with Gasteiger partial charge in [-0.3, -0.25) is 9.67 Å². The number of rotatable bonds is 5. The van der Waals surface area contributed by atoms with Gasteiger partial charge in [0, 0.05) is 25.7 Å². The van der Waals surface area contributed by atoms with Crippen molar-refractivity contribution in [2.24, 2.45) is 0 Å². The molecule has 2 aromatic heterocycles. The van der Waals surface area contributed by atoms with Gasteiger partial charge in [-0.05, 0) is 6.07 Å². The first-order valence-electron chi connectivity index (χ1n) is 5.17. The van der Waals surface area contributed by atoms with E-state index in [2.05, 4.69) is 15.4 Å². The van der Waals surface area contributed by atoms with Crippen molar-refractivity contribution in [3.8, 4) is 0 Å². The smallest absolute Gasteiger partial charge is 0.0824 e. The molecule has 0 spiro atoms. The molecule has 2 rings (SSSR count). The van der Waals surface area contributed by atoms with Crippen LogP contribution in [0.3, 0.4) is 0 Å². The molecule has 0 aromatic carbocycles. The molecule has 90 valence electrons. The van der Waals surface area contributed by atoms with Crippen LogP contribution in [0.25, 0.3) is 0 Å². The van der Waals surface area contributed by atoms with Crippen LogP contribution in [-0.2, 0) is 11.3 Å². The number of methoxy groups -OCH3 is 1. The van der Waals surface area contributed by atoms with Crippen molar-refractivity contribution in [2.45, 2.75) is 6.54 Å². The molecule has 0 atom stereocenters. The summed E-state index contributed by atoms with van der Waals surface area (Å²) in [7, 11) is 1.67. The molecule has 0 bridgehead atoms. The third-order valence-electron chi connectivity index (χ3n) is 2.21. The van der Waals surface area contributed by atoms with Crippen LogP contribution in [0.2, 0.25) is 5.02 Å². The molecule has 0 aliphatic heterocycles. The van der Waals surface area contributed by atoms with Gasteiger partial charge in [0.25, 0.3) is 0 Å². The minimum atomic E-state index is 0.581. The van der Waals surface area contributed by atoms with E-state index in [1.165, 1.54) is 0 Å². The topological polar surface area (TPSA) is 52.0 Å². The van der Waals surface area contributed by atoms with Gasteiger partial charge in [0.15, 0.2) is 0 Å². The molecule has 5 nitrogen and oxygen atoms in total. The molecule has 1 N–H and O–H groups in total. The lowest BCUT2D eigenvalue weighted by atomic mass is 10.4. The molecule has 6 heteroatoms. The number of nitrogens with one attached hydrogen (secondary N) is 1. The van der Waals surface area contributed by atoms with E-state index in [1.54, 1.807) is 30.4 Å². The third kappa shape index (κ3) is 3.18. The highest BCUT2D eigenvalue weighted by Gasteiger charge is 2.02. The number of nitrogens with zero attached hydrogens (tertiary/aromatic N) is 3. The van der Waals surface area contributed by atoms with Crippen molar-refractivity contribution in [1.29, 1.82) is 0 Å². The second kappa shape index (κ2) is 5.65. The molecule has 0 aliphatic rings. The summed E-state index contributed by atoms with van der Waals surface area (Å²) in [5, 5.41) is 7.95. The van der Waals surface area contributed by atoms with E-state index >= 15 is 0 Å². The summed E-state index contributed by atoms with van der Waals surface area (Å²) < 4.78 is 6.79. The van der Waals surface area contributed by atoms with Crippen LogP contribution in [0, 0.1) is 0 Å². The Bertz CT molecular complexity index is 486. The molecule has 0 amide bonds. The van der Waals surface area contributed by atoms with E-state index < -0.39 is 0 Å². The fraction of sp³-hybridized carbons (Fsp3) is 0.273. The molecule has 2 heterocycles. The summed E-state index contributed by atoms with van der Waals surface area (Å²) in [6, 6.07) is 1.81. The highest BCUT2D eigenvalue weighted by Crippen LogP contribution is 2.23. The van der Waals surface area contributed by atoms with E-state index in [1.807, 2.05) is 12.3 Å². The summed E-state index contributed by atoms with van der Waals surface area (Å²) in [6.07, 6.45) is 6.92. The monoisotopic (exact) mass is 252 g/mol. The Kier molecular flexibility index (Phi) is 3.95. The van der Waals surface area contributed by atoms with E-state index in [4.69, 9.17) is 16.3 Å². The zero-order valence-corrected chi connectivity index (χ0v) is 10.2. The predicted octanol–water partition coefficient (Wildman–Crippen LogP) is 2.32. The Balaban J connectivity index is 2.04. The summed E-state index contributed by atoms with van der Waals surface area (Å²) in [5.74, 6) is 0. The van der Waals surface area contributed by atoms with Gasteiger partial charge in [-0.25, -0.2) is 0 Å². The highest BCUT2D eigenvalue weighted by atomic mass is 35.5. The van der Waals surface area contributed by atoms with Crippen molar-refractivity contribution in [3.63, 3.8) is 0 Å². The molecule has 17 heavy (non-hydrogen) atoms. The second-order valence-corrected chi connectivity index (χ2v) is 3.87. The van der Waals surface area contributed by atoms with Crippen molar-refractivity contribution >= 4 is 23.0 Å². The standard InChI is InChI=1S/C11H13ClN4O/c1-17-5-4-16-8-9(6-14-16)15-11-2-3-13-7-10(11)12/h2-3,6-8H,4-5H2,1H3,(H,13,15). The number of pyridine rings is 1. The van der Waals surface area contributed by atoms with Gasteiger partial charge in [-0.15, -0.1) is 0 Å². The van der Waals surface area contributed by atoms with Crippen LogP contribution < -0.4 is 5.32 Å². The highest BCUT2D eigenvalue weighted by molar-refractivity contribution is 6.33. The van der Waals surface area contributed by atoms with Gasteiger partial charge in [-0.1, -0.05) is 11.6 Å². The average molecular weight is 253 g/mol.